The first-order chi connectivity index (χ1) is 13.3. The summed E-state index contributed by atoms with van der Waals surface area (Å²) in [5.41, 5.74) is 1.94. The van der Waals surface area contributed by atoms with Crippen LogP contribution in [-0.2, 0) is 14.8 Å². The van der Waals surface area contributed by atoms with Gasteiger partial charge >= 0.3 is 0 Å². The molecule has 7 nitrogen and oxygen atoms in total. The van der Waals surface area contributed by atoms with Crippen molar-refractivity contribution in [1.82, 2.24) is 0 Å². The van der Waals surface area contributed by atoms with E-state index in [0.29, 0.717) is 35.8 Å². The van der Waals surface area contributed by atoms with Gasteiger partial charge in [-0.2, -0.15) is 0 Å². The molecule has 0 bridgehead atoms. The number of aryl methyl sites for hydroxylation is 1. The highest BCUT2D eigenvalue weighted by molar-refractivity contribution is 7.95. The van der Waals surface area contributed by atoms with Crippen LogP contribution < -0.4 is 19.1 Å². The van der Waals surface area contributed by atoms with Gasteiger partial charge in [0.1, 0.15) is 11.5 Å². The number of fused-ring (bicyclic) bond motifs is 1. The molecule has 0 spiro atoms. The quantitative estimate of drug-likeness (QED) is 0.831. The van der Waals surface area contributed by atoms with Crippen molar-refractivity contribution in [2.75, 3.05) is 30.4 Å². The van der Waals surface area contributed by atoms with Crippen LogP contribution in [-0.4, -0.2) is 39.8 Å². The van der Waals surface area contributed by atoms with Crippen LogP contribution in [0.2, 0.25) is 0 Å². The summed E-state index contributed by atoms with van der Waals surface area (Å²) in [6, 6.07) is 12.1. The van der Waals surface area contributed by atoms with Gasteiger partial charge in [-0.05, 0) is 61.4 Å². The third-order valence-corrected chi connectivity index (χ3v) is 8.16. The predicted molar refractivity (Wildman–Crippen MR) is 106 cm³/mol. The number of methoxy groups -OCH3 is 2. The number of hydrogen-bond acceptors (Lipinski definition) is 5. The SMILES string of the molecule is COc1ccc(N2C[C@H]3C[C@]3(C(=O)Nc3ccc(OC)cc3C)S2(=O)=O)cc1. The number of nitrogens with one attached hydrogen (secondary N) is 1. The van der Waals surface area contributed by atoms with E-state index in [1.165, 1.54) is 4.31 Å². The van der Waals surface area contributed by atoms with Gasteiger partial charge in [-0.3, -0.25) is 9.10 Å². The second-order valence-corrected chi connectivity index (χ2v) is 9.28. The van der Waals surface area contributed by atoms with Gasteiger partial charge in [-0.15, -0.1) is 0 Å². The maximum Gasteiger partial charge on any atom is 0.250 e. The van der Waals surface area contributed by atoms with Crippen molar-refractivity contribution in [2.45, 2.75) is 18.1 Å². The minimum Gasteiger partial charge on any atom is -0.497 e. The number of nitrogens with zero attached hydrogens (tertiary/aromatic N) is 1. The van der Waals surface area contributed by atoms with Gasteiger partial charge in [0.05, 0.1) is 19.9 Å². The molecule has 1 saturated carbocycles. The van der Waals surface area contributed by atoms with Gasteiger partial charge < -0.3 is 14.8 Å². The molecule has 148 valence electrons. The van der Waals surface area contributed by atoms with Gasteiger partial charge in [0.25, 0.3) is 0 Å². The number of carbonyl (C=O) groups excluding carboxylic acids is 1. The zero-order valence-corrected chi connectivity index (χ0v) is 16.7. The summed E-state index contributed by atoms with van der Waals surface area (Å²) < 4.78 is 36.7. The fourth-order valence-electron chi connectivity index (χ4n) is 3.85. The van der Waals surface area contributed by atoms with Crippen LogP contribution in [0.15, 0.2) is 42.5 Å². The summed E-state index contributed by atoms with van der Waals surface area (Å²) in [6.45, 7) is 2.15. The topological polar surface area (TPSA) is 84.9 Å². The number of sulfonamides is 1. The van der Waals surface area contributed by atoms with Crippen molar-refractivity contribution in [3.05, 3.63) is 48.0 Å². The lowest BCUT2D eigenvalue weighted by molar-refractivity contribution is -0.116. The Morgan fingerprint density at radius 1 is 1.11 bits per heavy atom. The van der Waals surface area contributed by atoms with E-state index in [1.54, 1.807) is 56.7 Å². The Labute approximate surface area is 164 Å². The molecular formula is C20H22N2O5S. The zero-order chi connectivity index (χ0) is 20.1. The Balaban J connectivity index is 1.59. The summed E-state index contributed by atoms with van der Waals surface area (Å²) in [5.74, 6) is 0.644. The Hall–Kier alpha value is -2.74. The normalized spacial score (nSPS) is 24.4. The minimum atomic E-state index is -3.82. The summed E-state index contributed by atoms with van der Waals surface area (Å²) >= 11 is 0. The Morgan fingerprint density at radius 3 is 2.36 bits per heavy atom. The second-order valence-electron chi connectivity index (χ2n) is 7.16. The molecule has 2 atom stereocenters. The highest BCUT2D eigenvalue weighted by Crippen LogP contribution is 2.58. The molecule has 1 N–H and O–H groups in total. The van der Waals surface area contributed by atoms with E-state index in [4.69, 9.17) is 9.47 Å². The molecule has 2 aromatic carbocycles. The van der Waals surface area contributed by atoms with E-state index in [0.717, 1.165) is 5.56 Å². The number of anilines is 2. The Kier molecular flexibility index (Phi) is 4.26. The third-order valence-electron chi connectivity index (χ3n) is 5.61. The first-order valence-electron chi connectivity index (χ1n) is 8.96. The molecule has 1 heterocycles. The van der Waals surface area contributed by atoms with E-state index in [9.17, 15) is 13.2 Å². The first kappa shape index (κ1) is 18.6. The monoisotopic (exact) mass is 402 g/mol. The highest BCUT2D eigenvalue weighted by atomic mass is 32.2. The van der Waals surface area contributed by atoms with Crippen molar-refractivity contribution in [2.24, 2.45) is 5.92 Å². The maximum atomic E-state index is 13.2. The average Bonchev–Trinajstić information content (AvgIpc) is 3.38. The second kappa shape index (κ2) is 6.41. The summed E-state index contributed by atoms with van der Waals surface area (Å²) in [5, 5.41) is 2.81. The number of carbonyl (C=O) groups is 1. The van der Waals surface area contributed by atoms with Gasteiger partial charge in [0, 0.05) is 18.2 Å². The van der Waals surface area contributed by atoms with Gasteiger partial charge in [0.2, 0.25) is 15.9 Å². The number of hydrogen-bond donors (Lipinski definition) is 1. The molecule has 0 aromatic heterocycles. The fourth-order valence-corrected chi connectivity index (χ4v) is 6.21. The molecule has 1 amide bonds. The van der Waals surface area contributed by atoms with Crippen LogP contribution in [0.4, 0.5) is 11.4 Å². The fraction of sp³-hybridized carbons (Fsp3) is 0.350. The van der Waals surface area contributed by atoms with E-state index in [2.05, 4.69) is 5.32 Å². The number of amides is 1. The number of rotatable bonds is 5. The molecule has 2 aliphatic rings. The van der Waals surface area contributed by atoms with Crippen molar-refractivity contribution < 1.29 is 22.7 Å². The Morgan fingerprint density at radius 2 is 1.75 bits per heavy atom. The maximum absolute atomic E-state index is 13.2. The molecule has 2 aromatic rings. The molecule has 1 aliphatic carbocycles. The molecular weight excluding hydrogens is 380 g/mol. The summed E-state index contributed by atoms with van der Waals surface area (Å²) in [4.78, 5) is 13.0. The average molecular weight is 402 g/mol. The highest BCUT2D eigenvalue weighted by Gasteiger charge is 2.75. The molecule has 1 aliphatic heterocycles. The van der Waals surface area contributed by atoms with E-state index >= 15 is 0 Å². The minimum absolute atomic E-state index is 0.210. The molecule has 1 saturated heterocycles. The summed E-state index contributed by atoms with van der Waals surface area (Å²) in [6.07, 6.45) is 0.350. The van der Waals surface area contributed by atoms with E-state index in [-0.39, 0.29) is 5.92 Å². The smallest absolute Gasteiger partial charge is 0.250 e. The third kappa shape index (κ3) is 2.63. The lowest BCUT2D eigenvalue weighted by Gasteiger charge is -2.23. The Bertz CT molecular complexity index is 1040. The van der Waals surface area contributed by atoms with Crippen LogP contribution in [0.25, 0.3) is 0 Å². The molecule has 4 rings (SSSR count). The van der Waals surface area contributed by atoms with Crippen LogP contribution in [0.3, 0.4) is 0 Å². The van der Waals surface area contributed by atoms with Crippen molar-refractivity contribution in [3.63, 3.8) is 0 Å². The number of ether oxygens (including phenoxy) is 2. The first-order valence-corrected chi connectivity index (χ1v) is 10.4. The molecule has 8 heteroatoms. The number of benzene rings is 2. The molecule has 2 fully saturated rings. The molecule has 0 unspecified atom stereocenters. The van der Waals surface area contributed by atoms with Crippen molar-refractivity contribution in [3.8, 4) is 11.5 Å². The largest absolute Gasteiger partial charge is 0.497 e. The van der Waals surface area contributed by atoms with Crippen LogP contribution in [0, 0.1) is 12.8 Å². The van der Waals surface area contributed by atoms with Gasteiger partial charge in [-0.1, -0.05) is 0 Å². The van der Waals surface area contributed by atoms with E-state index in [1.807, 2.05) is 6.92 Å². The van der Waals surface area contributed by atoms with Crippen molar-refractivity contribution in [1.29, 1.82) is 0 Å². The standard InChI is InChI=1S/C20H22N2O5S/c1-13-10-17(27-3)8-9-18(13)21-19(23)20-11-14(20)12-22(28(20,24)25)15-4-6-16(26-2)7-5-15/h4-10,14H,11-12H2,1-3H3,(H,21,23)/t14-,20+/m1/s1. The lowest BCUT2D eigenvalue weighted by atomic mass is 10.1. The summed E-state index contributed by atoms with van der Waals surface area (Å²) in [7, 11) is -0.693. The van der Waals surface area contributed by atoms with Gasteiger partial charge in [-0.25, -0.2) is 8.42 Å². The van der Waals surface area contributed by atoms with Crippen molar-refractivity contribution >= 4 is 27.3 Å². The lowest BCUT2D eigenvalue weighted by Crippen LogP contribution is -2.42. The van der Waals surface area contributed by atoms with Gasteiger partial charge in [0.15, 0.2) is 4.75 Å². The van der Waals surface area contributed by atoms with Crippen LogP contribution in [0.5, 0.6) is 11.5 Å². The molecule has 28 heavy (non-hydrogen) atoms. The zero-order valence-electron chi connectivity index (χ0n) is 15.9. The van der Waals surface area contributed by atoms with Crippen LogP contribution in [0.1, 0.15) is 12.0 Å². The predicted octanol–water partition coefficient (Wildman–Crippen LogP) is 2.56. The van der Waals surface area contributed by atoms with E-state index < -0.39 is 20.7 Å². The van der Waals surface area contributed by atoms with Crippen LogP contribution >= 0.6 is 0 Å². The molecule has 0 radical (unpaired) electrons.